The fourth-order valence-electron chi connectivity index (χ4n) is 2.18. The molecule has 1 aromatic rings. The molecule has 0 atom stereocenters. The number of amides is 2. The number of nitrogens with one attached hydrogen (secondary N) is 1. The van der Waals surface area contributed by atoms with E-state index in [9.17, 15) is 9.59 Å². The first kappa shape index (κ1) is 16.5. The van der Waals surface area contributed by atoms with Crippen LogP contribution in [0.3, 0.4) is 0 Å². The highest BCUT2D eigenvalue weighted by atomic mass is 35.5. The number of hydrogen-bond donors (Lipinski definition) is 2. The summed E-state index contributed by atoms with van der Waals surface area (Å²) in [5.41, 5.74) is 7.21. The number of anilines is 1. The fraction of sp³-hybridized carbons (Fsp3) is 0.429. The van der Waals surface area contributed by atoms with Crippen molar-refractivity contribution in [3.8, 4) is 0 Å². The van der Waals surface area contributed by atoms with Gasteiger partial charge in [0.15, 0.2) is 0 Å². The first-order valence-corrected chi connectivity index (χ1v) is 6.57. The van der Waals surface area contributed by atoms with E-state index < -0.39 is 0 Å². The summed E-state index contributed by atoms with van der Waals surface area (Å²) in [5, 5.41) is 2.81. The summed E-state index contributed by atoms with van der Waals surface area (Å²) >= 11 is 0. The van der Waals surface area contributed by atoms with Crippen LogP contribution in [0.1, 0.15) is 24.8 Å². The van der Waals surface area contributed by atoms with E-state index in [1.807, 2.05) is 24.3 Å². The predicted molar refractivity (Wildman–Crippen MR) is 80.8 cm³/mol. The van der Waals surface area contributed by atoms with Crippen LogP contribution in [0.25, 0.3) is 0 Å². The Labute approximate surface area is 124 Å². The van der Waals surface area contributed by atoms with Crippen LogP contribution in [0.5, 0.6) is 0 Å². The Morgan fingerprint density at radius 2 is 2.20 bits per heavy atom. The van der Waals surface area contributed by atoms with Crippen LogP contribution >= 0.6 is 12.4 Å². The number of carbonyl (C=O) groups is 2. The van der Waals surface area contributed by atoms with Gasteiger partial charge in [0, 0.05) is 38.2 Å². The minimum atomic E-state index is -0.0508. The Bertz CT molecular complexity index is 479. The number of nitrogens with zero attached hydrogens (tertiary/aromatic N) is 1. The lowest BCUT2D eigenvalue weighted by Crippen LogP contribution is -2.26. The number of hydrogen-bond acceptors (Lipinski definition) is 3. The zero-order valence-corrected chi connectivity index (χ0v) is 12.1. The quantitative estimate of drug-likeness (QED) is 0.857. The van der Waals surface area contributed by atoms with E-state index in [2.05, 4.69) is 5.32 Å². The second-order valence-electron chi connectivity index (χ2n) is 4.63. The average Bonchev–Trinajstić information content (AvgIpc) is 2.83. The van der Waals surface area contributed by atoms with Gasteiger partial charge in [-0.2, -0.15) is 0 Å². The van der Waals surface area contributed by atoms with Crippen molar-refractivity contribution in [2.75, 3.05) is 18.0 Å². The van der Waals surface area contributed by atoms with E-state index in [-0.39, 0.29) is 24.2 Å². The molecule has 6 heteroatoms. The first-order valence-electron chi connectivity index (χ1n) is 6.57. The summed E-state index contributed by atoms with van der Waals surface area (Å²) < 4.78 is 0. The lowest BCUT2D eigenvalue weighted by Gasteiger charge is -2.16. The molecule has 1 aliphatic rings. The Hall–Kier alpha value is -1.59. The van der Waals surface area contributed by atoms with E-state index in [0.717, 1.165) is 24.2 Å². The second kappa shape index (κ2) is 7.87. The lowest BCUT2D eigenvalue weighted by atomic mass is 10.2. The molecule has 0 aromatic heterocycles. The van der Waals surface area contributed by atoms with Gasteiger partial charge in [-0.1, -0.05) is 12.1 Å². The Morgan fingerprint density at radius 3 is 2.85 bits per heavy atom. The maximum absolute atomic E-state index is 11.7. The molecule has 1 aliphatic heterocycles. The van der Waals surface area contributed by atoms with Crippen molar-refractivity contribution in [1.82, 2.24) is 5.32 Å². The SMILES string of the molecule is Cl.NCCC(=O)NCc1cccc(N2CCCC2=O)c1. The average molecular weight is 298 g/mol. The minimum Gasteiger partial charge on any atom is -0.352 e. The smallest absolute Gasteiger partial charge is 0.227 e. The highest BCUT2D eigenvalue weighted by Gasteiger charge is 2.21. The third-order valence-corrected chi connectivity index (χ3v) is 3.16. The van der Waals surface area contributed by atoms with Gasteiger partial charge in [0.2, 0.25) is 11.8 Å². The number of rotatable bonds is 5. The summed E-state index contributed by atoms with van der Waals surface area (Å²) in [6, 6.07) is 7.72. The third kappa shape index (κ3) is 4.21. The molecule has 1 aromatic carbocycles. The van der Waals surface area contributed by atoms with Gasteiger partial charge in [0.05, 0.1) is 0 Å². The summed E-state index contributed by atoms with van der Waals surface area (Å²) in [6.45, 7) is 1.60. The summed E-state index contributed by atoms with van der Waals surface area (Å²) in [5.74, 6) is 0.120. The van der Waals surface area contributed by atoms with Crippen LogP contribution in [-0.4, -0.2) is 24.9 Å². The van der Waals surface area contributed by atoms with Crippen LogP contribution in [0.15, 0.2) is 24.3 Å². The molecule has 5 nitrogen and oxygen atoms in total. The van der Waals surface area contributed by atoms with Gasteiger partial charge in [-0.3, -0.25) is 9.59 Å². The molecule has 2 amide bonds. The topological polar surface area (TPSA) is 75.4 Å². The van der Waals surface area contributed by atoms with Crippen molar-refractivity contribution < 1.29 is 9.59 Å². The summed E-state index contributed by atoms with van der Waals surface area (Å²) in [4.78, 5) is 24.8. The Kier molecular flexibility index (Phi) is 6.48. The standard InChI is InChI=1S/C14H19N3O2.ClH/c15-7-6-13(18)16-10-11-3-1-4-12(9-11)17-8-2-5-14(17)19;/h1,3-4,9H,2,5-8,10,15H2,(H,16,18);1H. The molecule has 2 rings (SSSR count). The van der Waals surface area contributed by atoms with E-state index in [1.54, 1.807) is 4.90 Å². The van der Waals surface area contributed by atoms with Crippen molar-refractivity contribution >= 4 is 29.9 Å². The van der Waals surface area contributed by atoms with Crippen molar-refractivity contribution in [2.24, 2.45) is 5.73 Å². The largest absolute Gasteiger partial charge is 0.352 e. The molecular formula is C14H20ClN3O2. The first-order chi connectivity index (χ1) is 9.20. The fourth-order valence-corrected chi connectivity index (χ4v) is 2.18. The Balaban J connectivity index is 0.00000200. The van der Waals surface area contributed by atoms with Crippen LogP contribution in [0.4, 0.5) is 5.69 Å². The van der Waals surface area contributed by atoms with Gasteiger partial charge in [-0.15, -0.1) is 12.4 Å². The maximum atomic E-state index is 11.7. The highest BCUT2D eigenvalue weighted by Crippen LogP contribution is 2.22. The Morgan fingerprint density at radius 1 is 1.40 bits per heavy atom. The molecular weight excluding hydrogens is 278 g/mol. The number of carbonyl (C=O) groups excluding carboxylic acids is 2. The minimum absolute atomic E-state index is 0. The molecule has 1 saturated heterocycles. The van der Waals surface area contributed by atoms with Gasteiger partial charge in [-0.25, -0.2) is 0 Å². The van der Waals surface area contributed by atoms with Crippen LogP contribution in [0, 0.1) is 0 Å². The lowest BCUT2D eigenvalue weighted by molar-refractivity contribution is -0.121. The van der Waals surface area contributed by atoms with Crippen molar-refractivity contribution in [3.05, 3.63) is 29.8 Å². The van der Waals surface area contributed by atoms with E-state index in [4.69, 9.17) is 5.73 Å². The van der Waals surface area contributed by atoms with Crippen LogP contribution in [0.2, 0.25) is 0 Å². The molecule has 0 saturated carbocycles. The maximum Gasteiger partial charge on any atom is 0.227 e. The molecule has 0 bridgehead atoms. The van der Waals surface area contributed by atoms with Crippen molar-refractivity contribution in [1.29, 1.82) is 0 Å². The van der Waals surface area contributed by atoms with Crippen molar-refractivity contribution in [3.63, 3.8) is 0 Å². The number of halogens is 1. The van der Waals surface area contributed by atoms with Crippen LogP contribution in [-0.2, 0) is 16.1 Å². The summed E-state index contributed by atoms with van der Waals surface area (Å²) in [6.07, 6.45) is 1.87. The van der Waals surface area contributed by atoms with Gasteiger partial charge in [-0.05, 0) is 24.1 Å². The zero-order chi connectivity index (χ0) is 13.7. The van der Waals surface area contributed by atoms with E-state index in [1.165, 1.54) is 0 Å². The second-order valence-corrected chi connectivity index (χ2v) is 4.63. The number of nitrogens with two attached hydrogens (primary N) is 1. The van der Waals surface area contributed by atoms with Gasteiger partial charge >= 0.3 is 0 Å². The highest BCUT2D eigenvalue weighted by molar-refractivity contribution is 5.95. The van der Waals surface area contributed by atoms with Crippen LogP contribution < -0.4 is 16.0 Å². The molecule has 1 heterocycles. The van der Waals surface area contributed by atoms with Crippen molar-refractivity contribution in [2.45, 2.75) is 25.8 Å². The molecule has 3 N–H and O–H groups in total. The van der Waals surface area contributed by atoms with Gasteiger partial charge < -0.3 is 16.0 Å². The third-order valence-electron chi connectivity index (χ3n) is 3.16. The van der Waals surface area contributed by atoms with Gasteiger partial charge in [0.25, 0.3) is 0 Å². The van der Waals surface area contributed by atoms with Gasteiger partial charge in [0.1, 0.15) is 0 Å². The zero-order valence-electron chi connectivity index (χ0n) is 11.3. The molecule has 20 heavy (non-hydrogen) atoms. The molecule has 1 fully saturated rings. The monoisotopic (exact) mass is 297 g/mol. The van der Waals surface area contributed by atoms with E-state index in [0.29, 0.717) is 25.9 Å². The molecule has 0 aliphatic carbocycles. The normalized spacial score (nSPS) is 14.1. The van der Waals surface area contributed by atoms with E-state index >= 15 is 0 Å². The molecule has 0 radical (unpaired) electrons. The molecule has 110 valence electrons. The predicted octanol–water partition coefficient (Wildman–Crippen LogP) is 1.20. The summed E-state index contributed by atoms with van der Waals surface area (Å²) in [7, 11) is 0. The molecule has 0 spiro atoms. The molecule has 0 unspecified atom stereocenters. The number of benzene rings is 1.